The first-order valence-electron chi connectivity index (χ1n) is 5.38. The Morgan fingerprint density at radius 1 is 1.46 bits per heavy atom. The third-order valence-electron chi connectivity index (χ3n) is 4.65. The van der Waals surface area contributed by atoms with Gasteiger partial charge in [-0.1, -0.05) is 19.7 Å². The molecule has 1 heterocycles. The Labute approximate surface area is 82.6 Å². The molecule has 0 spiro atoms. The maximum absolute atomic E-state index is 6.07. The summed E-state index contributed by atoms with van der Waals surface area (Å²) in [4.78, 5) is 0. The Kier molecular flexibility index (Phi) is 1.87. The second-order valence-electron chi connectivity index (χ2n) is 5.26. The summed E-state index contributed by atoms with van der Waals surface area (Å²) in [7, 11) is 6.07. The Bertz CT molecular complexity index is 226. The smallest absolute Gasteiger partial charge is 0.0735 e. The summed E-state index contributed by atoms with van der Waals surface area (Å²) in [5, 5.41) is 0. The Morgan fingerprint density at radius 2 is 2.08 bits per heavy atom. The van der Waals surface area contributed by atoms with Crippen molar-refractivity contribution in [2.75, 3.05) is 0 Å². The van der Waals surface area contributed by atoms with Crippen LogP contribution in [0.25, 0.3) is 0 Å². The van der Waals surface area contributed by atoms with E-state index in [4.69, 9.17) is 12.6 Å². The van der Waals surface area contributed by atoms with Crippen LogP contribution in [0.1, 0.15) is 40.5 Å². The average molecular weight is 178 g/mol. The summed E-state index contributed by atoms with van der Waals surface area (Å²) in [6.07, 6.45) is 2.63. The van der Waals surface area contributed by atoms with Crippen molar-refractivity contribution in [3.05, 3.63) is 0 Å². The molecule has 2 fully saturated rings. The van der Waals surface area contributed by atoms with E-state index in [-0.39, 0.29) is 11.4 Å². The minimum atomic E-state index is 0.0295. The van der Waals surface area contributed by atoms with Crippen LogP contribution in [0.15, 0.2) is 0 Å². The van der Waals surface area contributed by atoms with Crippen molar-refractivity contribution in [3.63, 3.8) is 0 Å². The van der Waals surface area contributed by atoms with Gasteiger partial charge < -0.3 is 4.74 Å². The molecule has 2 aliphatic rings. The standard InChI is InChI=1S/C11H19BO/c1-5-11-6-8(12)9(7(11)2)13-10(11,3)4/h7-9H,5-6H2,1-4H3/t7?,8-,9+,11-/m1/s1. The molecule has 1 aliphatic heterocycles. The van der Waals surface area contributed by atoms with Gasteiger partial charge >= 0.3 is 0 Å². The van der Waals surface area contributed by atoms with E-state index in [9.17, 15) is 0 Å². The van der Waals surface area contributed by atoms with Gasteiger partial charge in [0.25, 0.3) is 0 Å². The van der Waals surface area contributed by atoms with Gasteiger partial charge in [0, 0.05) is 5.41 Å². The fourth-order valence-corrected chi connectivity index (χ4v) is 3.74. The fourth-order valence-electron chi connectivity index (χ4n) is 3.74. The van der Waals surface area contributed by atoms with Crippen LogP contribution >= 0.6 is 0 Å². The molecule has 0 aromatic carbocycles. The number of hydrogen-bond acceptors (Lipinski definition) is 1. The highest BCUT2D eigenvalue weighted by molar-refractivity contribution is 6.12. The van der Waals surface area contributed by atoms with Crippen LogP contribution < -0.4 is 0 Å². The third kappa shape index (κ3) is 0.931. The van der Waals surface area contributed by atoms with E-state index in [0.717, 1.165) is 6.42 Å². The van der Waals surface area contributed by atoms with Crippen LogP contribution in [0.3, 0.4) is 0 Å². The molecule has 1 unspecified atom stereocenters. The first kappa shape index (κ1) is 9.58. The van der Waals surface area contributed by atoms with E-state index in [2.05, 4.69) is 27.7 Å². The van der Waals surface area contributed by atoms with Crippen molar-refractivity contribution in [1.82, 2.24) is 0 Å². The zero-order valence-electron chi connectivity index (χ0n) is 9.13. The number of rotatable bonds is 1. The third-order valence-corrected chi connectivity index (χ3v) is 4.65. The van der Waals surface area contributed by atoms with Gasteiger partial charge in [-0.05, 0) is 32.6 Å². The molecule has 1 nitrogen and oxygen atoms in total. The Morgan fingerprint density at radius 3 is 2.38 bits per heavy atom. The topological polar surface area (TPSA) is 9.23 Å². The lowest BCUT2D eigenvalue weighted by atomic mass is 9.65. The molecule has 4 atom stereocenters. The fraction of sp³-hybridized carbons (Fsp3) is 1.00. The number of fused-ring (bicyclic) bond motifs is 2. The maximum Gasteiger partial charge on any atom is 0.0735 e. The first-order chi connectivity index (χ1) is 5.94. The van der Waals surface area contributed by atoms with Crippen LogP contribution in [-0.2, 0) is 4.74 Å². The van der Waals surface area contributed by atoms with Crippen molar-refractivity contribution in [2.24, 2.45) is 11.3 Å². The van der Waals surface area contributed by atoms with Gasteiger partial charge in [-0.15, -0.1) is 0 Å². The Balaban J connectivity index is 2.39. The molecule has 1 saturated carbocycles. The second-order valence-corrected chi connectivity index (χ2v) is 5.26. The molecule has 0 aromatic heterocycles. The maximum atomic E-state index is 6.07. The van der Waals surface area contributed by atoms with E-state index in [1.807, 2.05) is 0 Å². The van der Waals surface area contributed by atoms with Gasteiger partial charge in [0.1, 0.15) is 0 Å². The lowest BCUT2D eigenvalue weighted by Gasteiger charge is -2.43. The Hall–Kier alpha value is 0.0249. The molecule has 2 bridgehead atoms. The molecular formula is C11H19BO. The quantitative estimate of drug-likeness (QED) is 0.560. The van der Waals surface area contributed by atoms with Crippen LogP contribution in [0.4, 0.5) is 0 Å². The van der Waals surface area contributed by atoms with Gasteiger partial charge in [-0.2, -0.15) is 0 Å². The zero-order valence-corrected chi connectivity index (χ0v) is 9.13. The molecule has 0 aromatic rings. The average Bonchev–Trinajstić information content (AvgIpc) is 2.38. The molecule has 72 valence electrons. The van der Waals surface area contributed by atoms with E-state index in [0.29, 0.717) is 17.4 Å². The molecule has 1 aliphatic carbocycles. The van der Waals surface area contributed by atoms with Crippen molar-refractivity contribution in [2.45, 2.75) is 58.1 Å². The van der Waals surface area contributed by atoms with E-state index < -0.39 is 0 Å². The highest BCUT2D eigenvalue weighted by Gasteiger charge is 2.63. The molecule has 2 heteroatoms. The molecule has 1 saturated heterocycles. The molecule has 13 heavy (non-hydrogen) atoms. The van der Waals surface area contributed by atoms with E-state index >= 15 is 0 Å². The molecule has 2 rings (SSSR count). The van der Waals surface area contributed by atoms with Gasteiger partial charge in [-0.3, -0.25) is 0 Å². The molecule has 0 N–H and O–H groups in total. The van der Waals surface area contributed by atoms with E-state index in [1.54, 1.807) is 0 Å². The monoisotopic (exact) mass is 178 g/mol. The normalized spacial score (nSPS) is 52.8. The molecular weight excluding hydrogens is 159 g/mol. The second kappa shape index (κ2) is 2.53. The summed E-state index contributed by atoms with van der Waals surface area (Å²) < 4.78 is 6.04. The summed E-state index contributed by atoms with van der Waals surface area (Å²) in [5.41, 5.74) is 0.360. The van der Waals surface area contributed by atoms with Crippen LogP contribution in [0, 0.1) is 11.3 Å². The largest absolute Gasteiger partial charge is 0.372 e. The van der Waals surface area contributed by atoms with Crippen LogP contribution in [0.2, 0.25) is 5.82 Å². The van der Waals surface area contributed by atoms with Crippen LogP contribution in [0.5, 0.6) is 0 Å². The minimum Gasteiger partial charge on any atom is -0.372 e. The summed E-state index contributed by atoms with van der Waals surface area (Å²) in [6.45, 7) is 9.01. The SMILES string of the molecule is [B][C@@H]1C[C@]2(CC)C(C)[C@@H]1OC2(C)C. The predicted octanol–water partition coefficient (Wildman–Crippen LogP) is 2.56. The highest BCUT2D eigenvalue weighted by atomic mass is 16.5. The van der Waals surface area contributed by atoms with Crippen molar-refractivity contribution in [1.29, 1.82) is 0 Å². The lowest BCUT2D eigenvalue weighted by molar-refractivity contribution is -0.0961. The highest BCUT2D eigenvalue weighted by Crippen LogP contribution is 2.64. The number of ether oxygens (including phenoxy) is 1. The number of hydrogen-bond donors (Lipinski definition) is 0. The first-order valence-corrected chi connectivity index (χ1v) is 5.38. The van der Waals surface area contributed by atoms with Gasteiger partial charge in [0.05, 0.1) is 19.6 Å². The van der Waals surface area contributed by atoms with Crippen molar-refractivity contribution >= 4 is 7.85 Å². The van der Waals surface area contributed by atoms with Gasteiger partial charge in [0.2, 0.25) is 0 Å². The molecule has 0 amide bonds. The summed E-state index contributed by atoms with van der Waals surface area (Å²) in [5.74, 6) is 0.894. The van der Waals surface area contributed by atoms with Gasteiger partial charge in [0.15, 0.2) is 0 Å². The minimum absolute atomic E-state index is 0.0295. The van der Waals surface area contributed by atoms with Crippen molar-refractivity contribution < 1.29 is 4.74 Å². The summed E-state index contributed by atoms with van der Waals surface area (Å²) >= 11 is 0. The van der Waals surface area contributed by atoms with Crippen molar-refractivity contribution in [3.8, 4) is 0 Å². The van der Waals surface area contributed by atoms with Gasteiger partial charge in [-0.25, -0.2) is 0 Å². The summed E-state index contributed by atoms with van der Waals surface area (Å²) in [6, 6.07) is 0. The van der Waals surface area contributed by atoms with E-state index in [1.165, 1.54) is 6.42 Å². The van der Waals surface area contributed by atoms with Crippen LogP contribution in [-0.4, -0.2) is 19.6 Å². The predicted molar refractivity (Wildman–Crippen MR) is 55.0 cm³/mol. The zero-order chi connectivity index (χ0) is 9.85. The lowest BCUT2D eigenvalue weighted by Crippen LogP contribution is -2.43. The molecule has 2 radical (unpaired) electrons.